The molecule has 162 valence electrons. The highest BCUT2D eigenvalue weighted by Crippen LogP contribution is 2.40. The van der Waals surface area contributed by atoms with Gasteiger partial charge in [-0.25, -0.2) is 0 Å². The summed E-state index contributed by atoms with van der Waals surface area (Å²) in [4.78, 5) is 25.0. The smallest absolute Gasteiger partial charge is 0.326 e. The lowest BCUT2D eigenvalue weighted by Gasteiger charge is -2.13. The van der Waals surface area contributed by atoms with Gasteiger partial charge in [-0.2, -0.15) is 4.79 Å². The first-order valence-corrected chi connectivity index (χ1v) is 9.64. The first kappa shape index (κ1) is 22.8. The number of benzene rings is 3. The van der Waals surface area contributed by atoms with Crippen molar-refractivity contribution in [3.63, 3.8) is 0 Å². The molecule has 0 amide bonds. The Labute approximate surface area is 191 Å². The second-order valence-electron chi connectivity index (χ2n) is 6.11. The van der Waals surface area contributed by atoms with Gasteiger partial charge in [0.1, 0.15) is 11.5 Å². The normalized spacial score (nSPS) is 10.1. The Kier molecular flexibility index (Phi) is 7.41. The van der Waals surface area contributed by atoms with Gasteiger partial charge >= 0.3 is 11.9 Å². The van der Waals surface area contributed by atoms with Crippen molar-refractivity contribution < 1.29 is 28.7 Å². The average molecular weight is 474 g/mol. The number of hydrogen-bond donors (Lipinski definition) is 0. The molecule has 0 heterocycles. The third-order valence-electron chi connectivity index (χ3n) is 3.89. The fourth-order valence-corrected chi connectivity index (χ4v) is 2.95. The number of halogens is 2. The van der Waals surface area contributed by atoms with Crippen molar-refractivity contribution in [1.29, 1.82) is 0 Å². The summed E-state index contributed by atoms with van der Waals surface area (Å²) in [6, 6.07) is 14.9. The standard InChI is InChI=1S/C21H13Cl2N3O6/c22-13-5-8-18(16(23)9-13)31-15-6-7-17(26(28)29)21(10-15)32-20-4-2-1-3-19(20)30-12-14(27)11-25-24/h1-11H,12H2. The van der Waals surface area contributed by atoms with Crippen molar-refractivity contribution in [2.45, 2.75) is 0 Å². The Morgan fingerprint density at radius 3 is 2.44 bits per heavy atom. The first-order chi connectivity index (χ1) is 15.4. The molecule has 0 spiro atoms. The minimum Gasteiger partial charge on any atom is -0.481 e. The van der Waals surface area contributed by atoms with Gasteiger partial charge in [-0.05, 0) is 36.4 Å². The van der Waals surface area contributed by atoms with E-state index in [4.69, 9.17) is 42.9 Å². The van der Waals surface area contributed by atoms with E-state index in [2.05, 4.69) is 4.79 Å². The van der Waals surface area contributed by atoms with E-state index in [0.717, 1.165) is 0 Å². The zero-order chi connectivity index (χ0) is 23.1. The zero-order valence-corrected chi connectivity index (χ0v) is 17.6. The molecule has 0 saturated heterocycles. The highest BCUT2D eigenvalue weighted by molar-refractivity contribution is 6.35. The van der Waals surface area contributed by atoms with Crippen LogP contribution in [0.3, 0.4) is 0 Å². The van der Waals surface area contributed by atoms with Gasteiger partial charge in [-0.15, -0.1) is 0 Å². The fourth-order valence-electron chi connectivity index (χ4n) is 2.50. The molecule has 0 aliphatic rings. The number of hydrogen-bond acceptors (Lipinski definition) is 6. The largest absolute Gasteiger partial charge is 0.481 e. The van der Waals surface area contributed by atoms with Gasteiger partial charge in [-0.3, -0.25) is 14.9 Å². The zero-order valence-electron chi connectivity index (χ0n) is 16.1. The molecule has 0 bridgehead atoms. The Balaban J connectivity index is 1.90. The van der Waals surface area contributed by atoms with E-state index < -0.39 is 17.3 Å². The van der Waals surface area contributed by atoms with Crippen molar-refractivity contribution in [2.75, 3.05) is 6.61 Å². The Morgan fingerprint density at radius 1 is 1.00 bits per heavy atom. The van der Waals surface area contributed by atoms with Crippen LogP contribution in [-0.2, 0) is 4.79 Å². The average Bonchev–Trinajstić information content (AvgIpc) is 2.75. The van der Waals surface area contributed by atoms with Gasteiger partial charge in [-0.1, -0.05) is 35.3 Å². The molecule has 0 unspecified atom stereocenters. The number of carbonyl (C=O) groups is 1. The van der Waals surface area contributed by atoms with E-state index >= 15 is 0 Å². The summed E-state index contributed by atoms with van der Waals surface area (Å²) in [5, 5.41) is 12.2. The van der Waals surface area contributed by atoms with Crippen LogP contribution in [0.15, 0.2) is 60.7 Å². The minimum absolute atomic E-state index is 0.117. The molecule has 0 saturated carbocycles. The molecule has 0 fully saturated rings. The number of rotatable bonds is 9. The second kappa shape index (κ2) is 10.4. The number of para-hydroxylation sites is 2. The number of nitro benzene ring substituents is 1. The monoisotopic (exact) mass is 473 g/mol. The Bertz CT molecular complexity index is 1230. The van der Waals surface area contributed by atoms with Gasteiger partial charge < -0.3 is 19.7 Å². The first-order valence-electron chi connectivity index (χ1n) is 8.88. The summed E-state index contributed by atoms with van der Waals surface area (Å²) >= 11 is 12.0. The quantitative estimate of drug-likeness (QED) is 0.128. The van der Waals surface area contributed by atoms with Crippen molar-refractivity contribution in [2.24, 2.45) is 0 Å². The van der Waals surface area contributed by atoms with E-state index in [9.17, 15) is 14.9 Å². The highest BCUT2D eigenvalue weighted by Gasteiger charge is 2.20. The maximum atomic E-state index is 11.5. The maximum absolute atomic E-state index is 11.5. The van der Waals surface area contributed by atoms with Crippen LogP contribution in [0.25, 0.3) is 5.53 Å². The van der Waals surface area contributed by atoms with E-state index in [-0.39, 0.29) is 33.7 Å². The molecular formula is C21H13Cl2N3O6. The summed E-state index contributed by atoms with van der Waals surface area (Å²) in [6.07, 6.45) is 0.691. The molecule has 0 aliphatic heterocycles. The number of carbonyl (C=O) groups excluding carboxylic acids is 1. The lowest BCUT2D eigenvalue weighted by Crippen LogP contribution is -2.12. The van der Waals surface area contributed by atoms with Crippen LogP contribution in [-0.4, -0.2) is 28.3 Å². The van der Waals surface area contributed by atoms with Crippen LogP contribution in [0.5, 0.6) is 28.7 Å². The molecule has 3 rings (SSSR count). The molecule has 0 aromatic heterocycles. The molecule has 0 atom stereocenters. The molecule has 32 heavy (non-hydrogen) atoms. The molecule has 0 radical (unpaired) electrons. The van der Waals surface area contributed by atoms with E-state index in [1.165, 1.54) is 36.4 Å². The van der Waals surface area contributed by atoms with E-state index in [1.807, 2.05) is 0 Å². The fraction of sp³-hybridized carbons (Fsp3) is 0.0476. The van der Waals surface area contributed by atoms with Gasteiger partial charge in [0.25, 0.3) is 5.78 Å². The molecule has 3 aromatic rings. The van der Waals surface area contributed by atoms with Crippen LogP contribution in [0.2, 0.25) is 10.0 Å². The second-order valence-corrected chi connectivity index (χ2v) is 6.96. The van der Waals surface area contributed by atoms with Crippen molar-refractivity contribution in [3.8, 4) is 28.7 Å². The van der Waals surface area contributed by atoms with Gasteiger partial charge in [0, 0.05) is 17.2 Å². The van der Waals surface area contributed by atoms with Gasteiger partial charge in [0.2, 0.25) is 5.75 Å². The lowest BCUT2D eigenvalue weighted by atomic mass is 10.2. The summed E-state index contributed by atoms with van der Waals surface area (Å²) < 4.78 is 16.8. The molecule has 0 N–H and O–H groups in total. The number of nitrogens with zero attached hydrogens (tertiary/aromatic N) is 3. The van der Waals surface area contributed by atoms with E-state index in [1.54, 1.807) is 24.3 Å². The summed E-state index contributed by atoms with van der Waals surface area (Å²) in [7, 11) is 0. The van der Waals surface area contributed by atoms with Gasteiger partial charge in [0.15, 0.2) is 18.1 Å². The molecule has 11 heteroatoms. The Hall–Kier alpha value is -3.91. The third-order valence-corrected chi connectivity index (χ3v) is 4.42. The van der Waals surface area contributed by atoms with Crippen LogP contribution >= 0.6 is 23.2 Å². The number of ether oxygens (including phenoxy) is 3. The SMILES string of the molecule is [N-]=[N+]=CC(=O)COc1ccccc1Oc1cc(Oc2ccc(Cl)cc2Cl)ccc1[N+](=O)[O-]. The molecule has 3 aromatic carbocycles. The summed E-state index contributed by atoms with van der Waals surface area (Å²) in [5.74, 6) is 0.0613. The topological polar surface area (TPSA) is 124 Å². The predicted molar refractivity (Wildman–Crippen MR) is 116 cm³/mol. The lowest BCUT2D eigenvalue weighted by molar-refractivity contribution is -0.385. The number of nitro groups is 1. The van der Waals surface area contributed by atoms with Crippen molar-refractivity contribution >= 4 is 40.9 Å². The maximum Gasteiger partial charge on any atom is 0.326 e. The van der Waals surface area contributed by atoms with Crippen molar-refractivity contribution in [1.82, 2.24) is 0 Å². The summed E-state index contributed by atoms with van der Waals surface area (Å²) in [5.41, 5.74) is 8.08. The summed E-state index contributed by atoms with van der Waals surface area (Å²) in [6.45, 7) is -0.426. The van der Waals surface area contributed by atoms with E-state index in [0.29, 0.717) is 17.0 Å². The van der Waals surface area contributed by atoms with Crippen LogP contribution in [0, 0.1) is 10.1 Å². The van der Waals surface area contributed by atoms with Crippen molar-refractivity contribution in [3.05, 3.63) is 86.4 Å². The van der Waals surface area contributed by atoms with Crippen LogP contribution in [0.4, 0.5) is 5.69 Å². The Morgan fingerprint density at radius 2 is 1.75 bits per heavy atom. The molecule has 9 nitrogen and oxygen atoms in total. The molecule has 0 aliphatic carbocycles. The minimum atomic E-state index is -0.612. The van der Waals surface area contributed by atoms with Gasteiger partial charge in [0.05, 0.1) is 9.95 Å². The number of Topliss-reactive ketones (excluding diaryl/α,β-unsaturated/α-hetero) is 1. The van der Waals surface area contributed by atoms with Crippen LogP contribution in [0.1, 0.15) is 0 Å². The highest BCUT2D eigenvalue weighted by atomic mass is 35.5. The molecular weight excluding hydrogens is 461 g/mol. The number of ketones is 1. The third kappa shape index (κ3) is 5.83. The predicted octanol–water partition coefficient (Wildman–Crippen LogP) is 5.73. The van der Waals surface area contributed by atoms with Crippen LogP contribution < -0.4 is 14.2 Å².